The lowest BCUT2D eigenvalue weighted by molar-refractivity contribution is 1.03. The van der Waals surface area contributed by atoms with Gasteiger partial charge in [0.25, 0.3) is 0 Å². The van der Waals surface area contributed by atoms with E-state index in [0.717, 1.165) is 16.6 Å². The lowest BCUT2D eigenvalue weighted by atomic mass is 10.1. The van der Waals surface area contributed by atoms with Crippen LogP contribution >= 0.6 is 15.9 Å². The molecule has 0 N–H and O–H groups in total. The zero-order valence-corrected chi connectivity index (χ0v) is 11.5. The second-order valence-electron chi connectivity index (χ2n) is 3.78. The van der Waals surface area contributed by atoms with E-state index in [9.17, 15) is 0 Å². The molecule has 1 aromatic heterocycles. The normalized spacial score (nSPS) is 10.3. The zero-order chi connectivity index (χ0) is 12.3. The van der Waals surface area contributed by atoms with Crippen LogP contribution in [0.25, 0.3) is 0 Å². The van der Waals surface area contributed by atoms with Gasteiger partial charge in [0.15, 0.2) is 0 Å². The quantitative estimate of drug-likeness (QED) is 0.866. The largest absolute Gasteiger partial charge is 0.314 e. The van der Waals surface area contributed by atoms with Gasteiger partial charge in [-0.05, 0) is 40.0 Å². The molecule has 0 radical (unpaired) electrons. The molecule has 17 heavy (non-hydrogen) atoms. The number of hydrogen-bond donors (Lipinski definition) is 0. The Bertz CT molecular complexity index is 479. The summed E-state index contributed by atoms with van der Waals surface area (Å²) in [4.78, 5) is 10.5. The van der Waals surface area contributed by atoms with Crippen molar-refractivity contribution in [1.82, 2.24) is 9.97 Å². The summed E-state index contributed by atoms with van der Waals surface area (Å²) in [7, 11) is 1.96. The van der Waals surface area contributed by atoms with Gasteiger partial charge >= 0.3 is 0 Å². The molecule has 1 aromatic carbocycles. The molecule has 0 bridgehead atoms. The van der Waals surface area contributed by atoms with Crippen LogP contribution in [0.3, 0.4) is 0 Å². The first kappa shape index (κ1) is 12.0. The Kier molecular flexibility index (Phi) is 3.74. The minimum Gasteiger partial charge on any atom is -0.314 e. The van der Waals surface area contributed by atoms with Crippen molar-refractivity contribution in [2.45, 2.75) is 13.3 Å². The van der Waals surface area contributed by atoms with Gasteiger partial charge in [-0.3, -0.25) is 0 Å². The average Bonchev–Trinajstić information content (AvgIpc) is 2.39. The summed E-state index contributed by atoms with van der Waals surface area (Å²) < 4.78 is 0.885. The maximum Gasteiger partial charge on any atom is 0.229 e. The number of anilines is 2. The van der Waals surface area contributed by atoms with Crippen LogP contribution in [0.2, 0.25) is 0 Å². The molecule has 3 nitrogen and oxygen atoms in total. The van der Waals surface area contributed by atoms with E-state index >= 15 is 0 Å². The number of benzene rings is 1. The van der Waals surface area contributed by atoms with Crippen LogP contribution in [0.15, 0.2) is 41.1 Å². The standard InChI is InChI=1S/C13H14BrN3/c1-3-10-4-6-12(7-5-10)17(2)13-15-8-11(14)9-16-13/h4-9H,3H2,1-2H3. The molecular formula is C13H14BrN3. The van der Waals surface area contributed by atoms with E-state index in [4.69, 9.17) is 0 Å². The summed E-state index contributed by atoms with van der Waals surface area (Å²) in [5, 5.41) is 0. The van der Waals surface area contributed by atoms with Gasteiger partial charge < -0.3 is 4.90 Å². The second kappa shape index (κ2) is 5.27. The maximum absolute atomic E-state index is 4.27. The van der Waals surface area contributed by atoms with Crippen molar-refractivity contribution >= 4 is 27.6 Å². The van der Waals surface area contributed by atoms with Gasteiger partial charge in [0, 0.05) is 25.1 Å². The van der Waals surface area contributed by atoms with Crippen LogP contribution in [-0.4, -0.2) is 17.0 Å². The fourth-order valence-electron chi connectivity index (χ4n) is 1.55. The molecule has 0 aliphatic heterocycles. The van der Waals surface area contributed by atoms with Crippen molar-refractivity contribution in [3.05, 3.63) is 46.7 Å². The highest BCUT2D eigenvalue weighted by Crippen LogP contribution is 2.20. The van der Waals surface area contributed by atoms with E-state index in [2.05, 4.69) is 57.1 Å². The van der Waals surface area contributed by atoms with Crippen molar-refractivity contribution in [1.29, 1.82) is 0 Å². The molecule has 0 spiro atoms. The first-order valence-corrected chi connectivity index (χ1v) is 6.30. The fraction of sp³-hybridized carbons (Fsp3) is 0.231. The third kappa shape index (κ3) is 2.82. The minimum absolute atomic E-state index is 0.692. The number of aromatic nitrogens is 2. The number of halogens is 1. The lowest BCUT2D eigenvalue weighted by Crippen LogP contribution is -2.12. The second-order valence-corrected chi connectivity index (χ2v) is 4.70. The summed E-state index contributed by atoms with van der Waals surface area (Å²) in [5.41, 5.74) is 2.42. The molecule has 0 aliphatic rings. The van der Waals surface area contributed by atoms with Gasteiger partial charge in [-0.15, -0.1) is 0 Å². The van der Waals surface area contributed by atoms with Gasteiger partial charge in [-0.25, -0.2) is 9.97 Å². The van der Waals surface area contributed by atoms with E-state index in [1.165, 1.54) is 5.56 Å². The van der Waals surface area contributed by atoms with E-state index < -0.39 is 0 Å². The first-order valence-electron chi connectivity index (χ1n) is 5.51. The molecule has 0 saturated heterocycles. The Morgan fingerprint density at radius 3 is 2.24 bits per heavy atom. The van der Waals surface area contributed by atoms with Gasteiger partial charge in [0.2, 0.25) is 5.95 Å². The van der Waals surface area contributed by atoms with Gasteiger partial charge in [0.1, 0.15) is 0 Å². The highest BCUT2D eigenvalue weighted by Gasteiger charge is 2.06. The molecule has 0 unspecified atom stereocenters. The third-order valence-electron chi connectivity index (χ3n) is 2.64. The van der Waals surface area contributed by atoms with Gasteiger partial charge in [0.05, 0.1) is 4.47 Å². The predicted molar refractivity (Wildman–Crippen MR) is 73.6 cm³/mol. The summed E-state index contributed by atoms with van der Waals surface area (Å²) in [6.07, 6.45) is 4.55. The van der Waals surface area contributed by atoms with Crippen LogP contribution in [0.1, 0.15) is 12.5 Å². The van der Waals surface area contributed by atoms with Crippen molar-refractivity contribution in [2.24, 2.45) is 0 Å². The highest BCUT2D eigenvalue weighted by molar-refractivity contribution is 9.10. The van der Waals surface area contributed by atoms with Crippen LogP contribution in [0.4, 0.5) is 11.6 Å². The number of rotatable bonds is 3. The smallest absolute Gasteiger partial charge is 0.229 e. The van der Waals surface area contributed by atoms with Gasteiger partial charge in [-0.2, -0.15) is 0 Å². The average molecular weight is 292 g/mol. The summed E-state index contributed by atoms with van der Waals surface area (Å²) in [5.74, 6) is 0.692. The third-order valence-corrected chi connectivity index (χ3v) is 3.05. The van der Waals surface area contributed by atoms with Crippen LogP contribution in [0, 0.1) is 0 Å². The number of nitrogens with zero attached hydrogens (tertiary/aromatic N) is 3. The summed E-state index contributed by atoms with van der Waals surface area (Å²) in [6.45, 7) is 2.15. The van der Waals surface area contributed by atoms with E-state index in [1.807, 2.05) is 11.9 Å². The van der Waals surface area contributed by atoms with Crippen molar-refractivity contribution < 1.29 is 0 Å². The molecule has 88 valence electrons. The Morgan fingerprint density at radius 2 is 1.71 bits per heavy atom. The Hall–Kier alpha value is -1.42. The number of hydrogen-bond acceptors (Lipinski definition) is 3. The predicted octanol–water partition coefficient (Wildman–Crippen LogP) is 3.57. The molecule has 0 saturated carbocycles. The van der Waals surface area contributed by atoms with Crippen molar-refractivity contribution in [3.63, 3.8) is 0 Å². The SMILES string of the molecule is CCc1ccc(N(C)c2ncc(Br)cn2)cc1. The molecule has 0 amide bonds. The zero-order valence-electron chi connectivity index (χ0n) is 9.89. The number of aryl methyl sites for hydroxylation is 1. The van der Waals surface area contributed by atoms with Crippen LogP contribution in [0.5, 0.6) is 0 Å². The van der Waals surface area contributed by atoms with E-state index in [1.54, 1.807) is 12.4 Å². The molecule has 4 heteroatoms. The molecule has 0 atom stereocenters. The lowest BCUT2D eigenvalue weighted by Gasteiger charge is -2.17. The Balaban J connectivity index is 2.23. The first-order chi connectivity index (χ1) is 8.20. The maximum atomic E-state index is 4.27. The molecule has 0 fully saturated rings. The summed E-state index contributed by atoms with van der Waals surface area (Å²) >= 11 is 3.33. The molecule has 2 aromatic rings. The highest BCUT2D eigenvalue weighted by atomic mass is 79.9. The Morgan fingerprint density at radius 1 is 1.12 bits per heavy atom. The fourth-order valence-corrected chi connectivity index (χ4v) is 1.75. The minimum atomic E-state index is 0.692. The van der Waals surface area contributed by atoms with E-state index in [-0.39, 0.29) is 0 Å². The molecule has 1 heterocycles. The van der Waals surface area contributed by atoms with Crippen LogP contribution < -0.4 is 4.90 Å². The molecular weight excluding hydrogens is 278 g/mol. The topological polar surface area (TPSA) is 29.0 Å². The van der Waals surface area contributed by atoms with Crippen molar-refractivity contribution in [2.75, 3.05) is 11.9 Å². The monoisotopic (exact) mass is 291 g/mol. The van der Waals surface area contributed by atoms with E-state index in [0.29, 0.717) is 5.95 Å². The Labute approximate surface area is 110 Å². The summed E-state index contributed by atoms with van der Waals surface area (Å²) in [6, 6.07) is 8.43. The van der Waals surface area contributed by atoms with Crippen LogP contribution in [-0.2, 0) is 6.42 Å². The van der Waals surface area contributed by atoms with Crippen molar-refractivity contribution in [3.8, 4) is 0 Å². The molecule has 2 rings (SSSR count). The molecule has 0 aliphatic carbocycles. The van der Waals surface area contributed by atoms with Gasteiger partial charge in [-0.1, -0.05) is 19.1 Å².